The molecule has 0 atom stereocenters. The molecule has 0 saturated carbocycles. The van der Waals surface area contributed by atoms with Gasteiger partial charge in [0, 0.05) is 41.0 Å². The first-order chi connectivity index (χ1) is 11.7. The molecule has 2 aromatic heterocycles. The standard InChI is InChI=1S/C9H12N2O.C8H8ClNO.CH5N/c1-6-4-8(9(12)10-3)5-7(2)11-6;1-5-3-7(8(9)11)4-6(2)10-5;1-2/h4-5H,1-3H3,(H,10,12);3-4H,1-2H3;2H2,1H3. The Morgan fingerprint density at radius 2 is 1.16 bits per heavy atom. The molecule has 136 valence electrons. The lowest BCUT2D eigenvalue weighted by Crippen LogP contribution is -2.18. The lowest BCUT2D eigenvalue weighted by Gasteiger charge is -2.01. The van der Waals surface area contributed by atoms with Crippen LogP contribution in [0.15, 0.2) is 24.3 Å². The Balaban J connectivity index is 0.000000421. The number of hydrogen-bond acceptors (Lipinski definition) is 5. The van der Waals surface area contributed by atoms with E-state index < -0.39 is 5.24 Å². The van der Waals surface area contributed by atoms with Crippen molar-refractivity contribution in [3.63, 3.8) is 0 Å². The molecule has 0 aliphatic carbocycles. The van der Waals surface area contributed by atoms with E-state index in [-0.39, 0.29) is 5.91 Å². The van der Waals surface area contributed by atoms with Crippen molar-refractivity contribution in [2.24, 2.45) is 5.73 Å². The van der Waals surface area contributed by atoms with Gasteiger partial charge in [-0.3, -0.25) is 19.6 Å². The number of aryl methyl sites for hydroxylation is 4. The average molecular weight is 365 g/mol. The van der Waals surface area contributed by atoms with Crippen LogP contribution in [0, 0.1) is 27.7 Å². The number of aromatic nitrogens is 2. The monoisotopic (exact) mass is 364 g/mol. The number of pyridine rings is 2. The number of carbonyl (C=O) groups is 2. The minimum absolute atomic E-state index is 0.0661. The Labute approximate surface area is 153 Å². The number of halogens is 1. The summed E-state index contributed by atoms with van der Waals surface area (Å²) in [5.41, 5.74) is 9.05. The minimum Gasteiger partial charge on any atom is -0.355 e. The lowest BCUT2D eigenvalue weighted by molar-refractivity contribution is 0.0962. The third-order valence-electron chi connectivity index (χ3n) is 2.88. The van der Waals surface area contributed by atoms with Gasteiger partial charge < -0.3 is 11.1 Å². The van der Waals surface area contributed by atoms with Crippen molar-refractivity contribution in [3.8, 4) is 0 Å². The second-order valence-electron chi connectivity index (χ2n) is 5.13. The largest absolute Gasteiger partial charge is 0.355 e. The van der Waals surface area contributed by atoms with Gasteiger partial charge in [-0.15, -0.1) is 0 Å². The molecule has 0 unspecified atom stereocenters. The summed E-state index contributed by atoms with van der Waals surface area (Å²) in [5, 5.41) is 2.14. The van der Waals surface area contributed by atoms with Gasteiger partial charge in [0.05, 0.1) is 0 Å². The van der Waals surface area contributed by atoms with Crippen LogP contribution in [-0.4, -0.2) is 35.2 Å². The average Bonchev–Trinajstić information content (AvgIpc) is 2.54. The minimum atomic E-state index is -0.432. The number of carbonyl (C=O) groups excluding carboxylic acids is 2. The van der Waals surface area contributed by atoms with Crippen molar-refractivity contribution >= 4 is 22.8 Å². The topological polar surface area (TPSA) is 98.0 Å². The van der Waals surface area contributed by atoms with Gasteiger partial charge in [-0.2, -0.15) is 0 Å². The maximum Gasteiger partial charge on any atom is 0.252 e. The molecule has 0 spiro atoms. The highest BCUT2D eigenvalue weighted by atomic mass is 35.5. The van der Waals surface area contributed by atoms with Gasteiger partial charge in [0.2, 0.25) is 0 Å². The maximum absolute atomic E-state index is 11.2. The van der Waals surface area contributed by atoms with Crippen molar-refractivity contribution in [2.75, 3.05) is 14.1 Å². The fraction of sp³-hybridized carbons (Fsp3) is 0.333. The molecule has 0 aliphatic heterocycles. The Hall–Kier alpha value is -2.31. The molecule has 6 nitrogen and oxygen atoms in total. The van der Waals surface area contributed by atoms with Crippen LogP contribution in [0.3, 0.4) is 0 Å². The van der Waals surface area contributed by atoms with Gasteiger partial charge in [-0.1, -0.05) is 0 Å². The second kappa shape index (κ2) is 11.3. The molecule has 1 amide bonds. The zero-order chi connectivity index (χ0) is 19.6. The number of hydrogen-bond donors (Lipinski definition) is 2. The van der Waals surface area contributed by atoms with E-state index in [0.717, 1.165) is 22.8 Å². The van der Waals surface area contributed by atoms with Gasteiger partial charge in [-0.25, -0.2) is 0 Å². The maximum atomic E-state index is 11.2. The van der Waals surface area contributed by atoms with E-state index in [1.54, 1.807) is 31.3 Å². The lowest BCUT2D eigenvalue weighted by atomic mass is 10.2. The molecule has 2 heterocycles. The number of rotatable bonds is 2. The Kier molecular flexibility index (Phi) is 10.2. The highest BCUT2D eigenvalue weighted by Crippen LogP contribution is 2.07. The molecule has 2 aromatic rings. The molecule has 0 aliphatic rings. The van der Waals surface area contributed by atoms with E-state index in [0.29, 0.717) is 11.1 Å². The SMILES string of the molecule is CN.CNC(=O)c1cc(C)nc(C)c1.Cc1cc(C(=O)Cl)cc(C)n1. The number of nitrogens with two attached hydrogens (primary N) is 1. The van der Waals surface area contributed by atoms with Gasteiger partial charge in [0.1, 0.15) is 0 Å². The van der Waals surface area contributed by atoms with Gasteiger partial charge in [0.25, 0.3) is 11.1 Å². The van der Waals surface area contributed by atoms with Crippen molar-refractivity contribution in [2.45, 2.75) is 27.7 Å². The normalized spacial score (nSPS) is 9.12. The van der Waals surface area contributed by atoms with E-state index in [9.17, 15) is 9.59 Å². The molecule has 2 rings (SSSR count). The molecule has 3 N–H and O–H groups in total. The van der Waals surface area contributed by atoms with Gasteiger partial charge in [0.15, 0.2) is 0 Å². The summed E-state index contributed by atoms with van der Waals surface area (Å²) in [4.78, 5) is 30.1. The first-order valence-electron chi connectivity index (χ1n) is 7.63. The molecule has 0 radical (unpaired) electrons. The predicted octanol–water partition coefficient (Wildman–Crippen LogP) is 2.71. The number of nitrogens with one attached hydrogen (secondary N) is 1. The van der Waals surface area contributed by atoms with Gasteiger partial charge >= 0.3 is 0 Å². The van der Waals surface area contributed by atoms with Crippen LogP contribution in [0.2, 0.25) is 0 Å². The third-order valence-corrected chi connectivity index (χ3v) is 3.10. The Morgan fingerprint density at radius 1 is 0.840 bits per heavy atom. The molecule has 7 heteroatoms. The summed E-state index contributed by atoms with van der Waals surface area (Å²) in [6, 6.07) is 6.88. The van der Waals surface area contributed by atoms with Crippen LogP contribution in [0.25, 0.3) is 0 Å². The van der Waals surface area contributed by atoms with Crippen LogP contribution in [0.1, 0.15) is 43.5 Å². The van der Waals surface area contributed by atoms with Crippen molar-refractivity contribution < 1.29 is 9.59 Å². The van der Waals surface area contributed by atoms with Crippen molar-refractivity contribution in [1.29, 1.82) is 0 Å². The van der Waals surface area contributed by atoms with Crippen LogP contribution in [-0.2, 0) is 0 Å². The van der Waals surface area contributed by atoms with E-state index >= 15 is 0 Å². The Bertz CT molecular complexity index is 693. The van der Waals surface area contributed by atoms with E-state index in [2.05, 4.69) is 21.0 Å². The zero-order valence-electron chi connectivity index (χ0n) is 15.5. The van der Waals surface area contributed by atoms with E-state index in [1.807, 2.05) is 27.7 Å². The summed E-state index contributed by atoms with van der Waals surface area (Å²) in [5.74, 6) is -0.0661. The van der Waals surface area contributed by atoms with Crippen LogP contribution >= 0.6 is 11.6 Å². The van der Waals surface area contributed by atoms with Crippen LogP contribution in [0.5, 0.6) is 0 Å². The highest BCUT2D eigenvalue weighted by Gasteiger charge is 2.04. The highest BCUT2D eigenvalue weighted by molar-refractivity contribution is 6.67. The number of nitrogens with zero attached hydrogens (tertiary/aromatic N) is 2. The molecule has 0 fully saturated rings. The van der Waals surface area contributed by atoms with Gasteiger partial charge in [-0.05, 0) is 70.6 Å². The molecule has 0 aromatic carbocycles. The summed E-state index contributed by atoms with van der Waals surface area (Å²) in [6.45, 7) is 7.41. The molecule has 0 bridgehead atoms. The first-order valence-corrected chi connectivity index (χ1v) is 8.01. The summed E-state index contributed by atoms with van der Waals surface area (Å²) >= 11 is 5.28. The smallest absolute Gasteiger partial charge is 0.252 e. The van der Waals surface area contributed by atoms with E-state index in [1.165, 1.54) is 7.05 Å². The Morgan fingerprint density at radius 3 is 1.44 bits per heavy atom. The fourth-order valence-electron chi connectivity index (χ4n) is 2.06. The van der Waals surface area contributed by atoms with Crippen molar-refractivity contribution in [3.05, 3.63) is 58.2 Å². The quantitative estimate of drug-likeness (QED) is 0.798. The fourth-order valence-corrected chi connectivity index (χ4v) is 2.17. The first kappa shape index (κ1) is 22.7. The second-order valence-corrected chi connectivity index (χ2v) is 5.47. The summed E-state index contributed by atoms with van der Waals surface area (Å²) in [7, 11) is 3.12. The molecule has 25 heavy (non-hydrogen) atoms. The zero-order valence-corrected chi connectivity index (χ0v) is 16.2. The molecular formula is C18H25ClN4O2. The number of amides is 1. The summed E-state index contributed by atoms with van der Waals surface area (Å²) < 4.78 is 0. The molecular weight excluding hydrogens is 340 g/mol. The van der Waals surface area contributed by atoms with Crippen LogP contribution in [0.4, 0.5) is 0 Å². The third kappa shape index (κ3) is 8.37. The molecule has 0 saturated heterocycles. The predicted molar refractivity (Wildman–Crippen MR) is 101 cm³/mol. The van der Waals surface area contributed by atoms with Crippen LogP contribution < -0.4 is 11.1 Å². The van der Waals surface area contributed by atoms with E-state index in [4.69, 9.17) is 11.6 Å². The van der Waals surface area contributed by atoms with Crippen molar-refractivity contribution in [1.82, 2.24) is 15.3 Å². The summed E-state index contributed by atoms with van der Waals surface area (Å²) in [6.07, 6.45) is 0.